The highest BCUT2D eigenvalue weighted by molar-refractivity contribution is 5.74. The maximum atomic E-state index is 12.6. The van der Waals surface area contributed by atoms with Crippen LogP contribution >= 0.6 is 0 Å². The fourth-order valence-electron chi connectivity index (χ4n) is 4.30. The molecule has 3 rings (SSSR count). The molecular weight excluding hydrogens is 290 g/mol. The minimum atomic E-state index is 0.0996. The molecule has 0 bridgehead atoms. The van der Waals surface area contributed by atoms with Gasteiger partial charge in [-0.1, -0.05) is 19.3 Å². The quantitative estimate of drug-likeness (QED) is 0.845. The molecule has 1 heterocycles. The molecule has 1 unspecified atom stereocenters. The van der Waals surface area contributed by atoms with Crippen LogP contribution in [0, 0.1) is 5.92 Å². The Morgan fingerprint density at radius 3 is 2.52 bits per heavy atom. The van der Waals surface area contributed by atoms with Gasteiger partial charge in [0.15, 0.2) is 0 Å². The van der Waals surface area contributed by atoms with Gasteiger partial charge in [-0.05, 0) is 38.5 Å². The van der Waals surface area contributed by atoms with Crippen LogP contribution in [0.5, 0.6) is 0 Å². The second-order valence-electron chi connectivity index (χ2n) is 7.73. The molecule has 0 aromatic rings. The van der Waals surface area contributed by atoms with Gasteiger partial charge in [-0.25, -0.2) is 4.79 Å². The maximum absolute atomic E-state index is 12.6. The van der Waals surface area contributed by atoms with Crippen LogP contribution in [0.2, 0.25) is 0 Å². The summed E-state index contributed by atoms with van der Waals surface area (Å²) in [4.78, 5) is 17.0. The Labute approximate surface area is 140 Å². The molecule has 0 radical (unpaired) electrons. The van der Waals surface area contributed by atoms with Crippen molar-refractivity contribution in [3.8, 4) is 0 Å². The number of urea groups is 1. The molecule has 1 saturated heterocycles. The van der Waals surface area contributed by atoms with Crippen LogP contribution in [0.4, 0.5) is 4.79 Å². The molecular formula is C18H33N3O2. The first-order valence-electron chi connectivity index (χ1n) is 9.46. The first kappa shape index (κ1) is 17.0. The van der Waals surface area contributed by atoms with E-state index in [1.807, 2.05) is 11.9 Å². The molecule has 0 aromatic heterocycles. The van der Waals surface area contributed by atoms with E-state index in [1.54, 1.807) is 0 Å². The lowest BCUT2D eigenvalue weighted by atomic mass is 9.80. The Morgan fingerprint density at radius 2 is 1.91 bits per heavy atom. The summed E-state index contributed by atoms with van der Waals surface area (Å²) < 4.78 is 5.53. The Hall–Kier alpha value is -0.810. The number of nitrogens with one attached hydrogen (secondary N) is 1. The van der Waals surface area contributed by atoms with Crippen molar-refractivity contribution in [3.63, 3.8) is 0 Å². The van der Waals surface area contributed by atoms with Crippen molar-refractivity contribution in [3.05, 3.63) is 0 Å². The number of hydrogen-bond acceptors (Lipinski definition) is 3. The highest BCUT2D eigenvalue weighted by atomic mass is 16.5. The third-order valence-electron chi connectivity index (χ3n) is 6.27. The lowest BCUT2D eigenvalue weighted by Gasteiger charge is -2.48. The number of carbonyl (C=O) groups is 1. The Kier molecular flexibility index (Phi) is 5.47. The standard InChI is InChI=1S/C18H33N3O2/c1-15(16-6-7-16)20(2)17(22)19-14-18(8-4-3-5-9-18)21-10-12-23-13-11-21/h15-16H,3-14H2,1-2H3,(H,19,22). The van der Waals surface area contributed by atoms with Crippen LogP contribution in [-0.2, 0) is 4.74 Å². The molecule has 1 atom stereocenters. The third kappa shape index (κ3) is 4.00. The number of ether oxygens (including phenoxy) is 1. The van der Waals surface area contributed by atoms with E-state index in [9.17, 15) is 4.79 Å². The molecule has 1 aliphatic heterocycles. The number of amides is 2. The Bertz CT molecular complexity index is 399. The summed E-state index contributed by atoms with van der Waals surface area (Å²) in [6, 6.07) is 0.461. The van der Waals surface area contributed by atoms with Gasteiger partial charge in [0.25, 0.3) is 0 Å². The highest BCUT2D eigenvalue weighted by Gasteiger charge is 2.39. The molecule has 5 heteroatoms. The van der Waals surface area contributed by atoms with Crippen LogP contribution in [0.25, 0.3) is 0 Å². The summed E-state index contributed by atoms with van der Waals surface area (Å²) in [5, 5.41) is 3.26. The van der Waals surface area contributed by atoms with Gasteiger partial charge in [-0.15, -0.1) is 0 Å². The van der Waals surface area contributed by atoms with E-state index in [0.717, 1.165) is 32.8 Å². The lowest BCUT2D eigenvalue weighted by molar-refractivity contribution is -0.0360. The molecule has 1 N–H and O–H groups in total. The molecule has 23 heavy (non-hydrogen) atoms. The van der Waals surface area contributed by atoms with E-state index in [1.165, 1.54) is 44.9 Å². The molecule has 0 aromatic carbocycles. The largest absolute Gasteiger partial charge is 0.379 e. The average Bonchev–Trinajstić information content (AvgIpc) is 3.45. The minimum Gasteiger partial charge on any atom is -0.379 e. The molecule has 132 valence electrons. The highest BCUT2D eigenvalue weighted by Crippen LogP contribution is 2.35. The van der Waals surface area contributed by atoms with Crippen molar-refractivity contribution in [2.75, 3.05) is 39.9 Å². The Morgan fingerprint density at radius 1 is 1.26 bits per heavy atom. The van der Waals surface area contributed by atoms with Crippen LogP contribution in [0.3, 0.4) is 0 Å². The molecule has 3 aliphatic rings. The maximum Gasteiger partial charge on any atom is 0.317 e. The van der Waals surface area contributed by atoms with Crippen molar-refractivity contribution >= 4 is 6.03 Å². The fraction of sp³-hybridized carbons (Fsp3) is 0.944. The second kappa shape index (κ2) is 7.39. The smallest absolute Gasteiger partial charge is 0.317 e. The van der Waals surface area contributed by atoms with Crippen LogP contribution in [0.1, 0.15) is 51.9 Å². The van der Waals surface area contributed by atoms with Gasteiger partial charge in [0.1, 0.15) is 0 Å². The number of morpholine rings is 1. The third-order valence-corrected chi connectivity index (χ3v) is 6.27. The van der Waals surface area contributed by atoms with Gasteiger partial charge in [-0.2, -0.15) is 0 Å². The summed E-state index contributed by atoms with van der Waals surface area (Å²) in [7, 11) is 1.95. The lowest BCUT2D eigenvalue weighted by Crippen LogP contribution is -2.60. The molecule has 2 saturated carbocycles. The summed E-state index contributed by atoms with van der Waals surface area (Å²) in [5.74, 6) is 0.716. The molecule has 2 amide bonds. The minimum absolute atomic E-state index is 0.0996. The molecule has 2 aliphatic carbocycles. The second-order valence-corrected chi connectivity index (χ2v) is 7.73. The van der Waals surface area contributed by atoms with E-state index >= 15 is 0 Å². The van der Waals surface area contributed by atoms with Crippen molar-refractivity contribution < 1.29 is 9.53 Å². The number of nitrogens with zero attached hydrogens (tertiary/aromatic N) is 2. The summed E-state index contributed by atoms with van der Waals surface area (Å²) in [5.41, 5.74) is 0.154. The Balaban J connectivity index is 1.58. The van der Waals surface area contributed by atoms with Gasteiger partial charge in [0.05, 0.1) is 13.2 Å². The summed E-state index contributed by atoms with van der Waals surface area (Å²) >= 11 is 0. The predicted molar refractivity (Wildman–Crippen MR) is 91.6 cm³/mol. The molecule has 3 fully saturated rings. The number of rotatable bonds is 5. The van der Waals surface area contributed by atoms with Crippen LogP contribution in [0.15, 0.2) is 0 Å². The van der Waals surface area contributed by atoms with Crippen molar-refractivity contribution in [1.82, 2.24) is 15.1 Å². The van der Waals surface area contributed by atoms with E-state index < -0.39 is 0 Å². The van der Waals surface area contributed by atoms with E-state index in [4.69, 9.17) is 4.74 Å². The normalized spacial score (nSPS) is 26.5. The predicted octanol–water partition coefficient (Wildman–Crippen LogP) is 2.46. The van der Waals surface area contributed by atoms with Gasteiger partial charge in [0, 0.05) is 38.3 Å². The van der Waals surface area contributed by atoms with Crippen molar-refractivity contribution in [2.24, 2.45) is 5.92 Å². The SMILES string of the molecule is CC(C1CC1)N(C)C(=O)NCC1(N2CCOCC2)CCCCC1. The van der Waals surface area contributed by atoms with Crippen molar-refractivity contribution in [2.45, 2.75) is 63.5 Å². The van der Waals surface area contributed by atoms with Gasteiger partial charge < -0.3 is 15.0 Å². The zero-order chi connectivity index (χ0) is 16.3. The van der Waals surface area contributed by atoms with Gasteiger partial charge in [-0.3, -0.25) is 4.90 Å². The van der Waals surface area contributed by atoms with E-state index in [2.05, 4.69) is 17.1 Å². The zero-order valence-electron chi connectivity index (χ0n) is 14.9. The average molecular weight is 323 g/mol. The monoisotopic (exact) mass is 323 g/mol. The van der Waals surface area contributed by atoms with E-state index in [0.29, 0.717) is 12.0 Å². The number of hydrogen-bond donors (Lipinski definition) is 1. The van der Waals surface area contributed by atoms with Gasteiger partial charge in [0.2, 0.25) is 0 Å². The summed E-state index contributed by atoms with van der Waals surface area (Å²) in [6.45, 7) is 6.63. The first-order valence-corrected chi connectivity index (χ1v) is 9.46. The molecule has 5 nitrogen and oxygen atoms in total. The van der Waals surface area contributed by atoms with Crippen molar-refractivity contribution in [1.29, 1.82) is 0 Å². The number of carbonyl (C=O) groups excluding carboxylic acids is 1. The topological polar surface area (TPSA) is 44.8 Å². The van der Waals surface area contributed by atoms with Gasteiger partial charge >= 0.3 is 6.03 Å². The fourth-order valence-corrected chi connectivity index (χ4v) is 4.30. The summed E-state index contributed by atoms with van der Waals surface area (Å²) in [6.07, 6.45) is 8.85. The molecule has 0 spiro atoms. The first-order chi connectivity index (χ1) is 11.1. The van der Waals surface area contributed by atoms with Crippen LogP contribution < -0.4 is 5.32 Å². The zero-order valence-corrected chi connectivity index (χ0v) is 14.9. The van der Waals surface area contributed by atoms with E-state index in [-0.39, 0.29) is 11.6 Å². The van der Waals surface area contributed by atoms with Crippen LogP contribution in [-0.4, -0.2) is 67.3 Å².